The monoisotopic (exact) mass is 282 g/mol. The lowest BCUT2D eigenvalue weighted by Gasteiger charge is -2.38. The van der Waals surface area contributed by atoms with Gasteiger partial charge < -0.3 is 15.4 Å². The summed E-state index contributed by atoms with van der Waals surface area (Å²) in [7, 11) is 0. The summed E-state index contributed by atoms with van der Waals surface area (Å²) in [5.41, 5.74) is 6.06. The van der Waals surface area contributed by atoms with Crippen LogP contribution in [0.15, 0.2) is 4.99 Å². The van der Waals surface area contributed by atoms with E-state index in [2.05, 4.69) is 35.6 Å². The molecular formula is C15H30N4O. The van der Waals surface area contributed by atoms with Gasteiger partial charge >= 0.3 is 0 Å². The molecule has 0 aromatic heterocycles. The molecule has 0 aromatic carbocycles. The van der Waals surface area contributed by atoms with Crippen LogP contribution in [-0.2, 0) is 4.74 Å². The number of hydrogen-bond acceptors (Lipinski definition) is 3. The highest BCUT2D eigenvalue weighted by Gasteiger charge is 2.26. The van der Waals surface area contributed by atoms with Crippen LogP contribution in [-0.4, -0.2) is 67.2 Å². The van der Waals surface area contributed by atoms with Gasteiger partial charge in [0.1, 0.15) is 0 Å². The second-order valence-electron chi connectivity index (χ2n) is 6.79. The summed E-state index contributed by atoms with van der Waals surface area (Å²) in [6.45, 7) is 13.3. The predicted octanol–water partition coefficient (Wildman–Crippen LogP) is 1.14. The van der Waals surface area contributed by atoms with Gasteiger partial charge in [0, 0.05) is 32.7 Å². The minimum absolute atomic E-state index is 0.0312. The quantitative estimate of drug-likeness (QED) is 0.623. The largest absolute Gasteiger partial charge is 0.373 e. The molecule has 2 N–H and O–H groups in total. The summed E-state index contributed by atoms with van der Waals surface area (Å²) in [6, 6.07) is 0. The van der Waals surface area contributed by atoms with Crippen LogP contribution >= 0.6 is 0 Å². The van der Waals surface area contributed by atoms with Crippen LogP contribution in [0, 0.1) is 5.92 Å². The molecule has 2 saturated heterocycles. The highest BCUT2D eigenvalue weighted by molar-refractivity contribution is 5.78. The molecule has 2 aliphatic heterocycles. The third-order valence-corrected chi connectivity index (χ3v) is 4.30. The molecule has 2 heterocycles. The minimum atomic E-state index is -0.0312. The molecule has 0 aliphatic carbocycles. The zero-order valence-electron chi connectivity index (χ0n) is 13.3. The molecule has 5 heteroatoms. The van der Waals surface area contributed by atoms with E-state index in [4.69, 9.17) is 10.5 Å². The Morgan fingerprint density at radius 2 is 2.00 bits per heavy atom. The van der Waals surface area contributed by atoms with Gasteiger partial charge in [0.25, 0.3) is 0 Å². The van der Waals surface area contributed by atoms with Gasteiger partial charge in [-0.2, -0.15) is 0 Å². The van der Waals surface area contributed by atoms with Crippen molar-refractivity contribution >= 4 is 5.96 Å². The van der Waals surface area contributed by atoms with E-state index in [0.29, 0.717) is 0 Å². The van der Waals surface area contributed by atoms with Crippen LogP contribution in [0.5, 0.6) is 0 Å². The van der Waals surface area contributed by atoms with Crippen molar-refractivity contribution in [1.82, 2.24) is 9.80 Å². The SMILES string of the molecule is CC1CCN(C(N)=NCCN2CCOC(C)(C)C2)CC1. The van der Waals surface area contributed by atoms with Crippen molar-refractivity contribution in [3.63, 3.8) is 0 Å². The number of nitrogens with two attached hydrogens (primary N) is 1. The fraction of sp³-hybridized carbons (Fsp3) is 0.933. The number of hydrogen-bond donors (Lipinski definition) is 1. The highest BCUT2D eigenvalue weighted by atomic mass is 16.5. The third-order valence-electron chi connectivity index (χ3n) is 4.30. The van der Waals surface area contributed by atoms with Crippen LogP contribution in [0.2, 0.25) is 0 Å². The molecule has 0 bridgehead atoms. The summed E-state index contributed by atoms with van der Waals surface area (Å²) in [4.78, 5) is 9.19. The number of aliphatic imine (C=N–C) groups is 1. The molecule has 0 radical (unpaired) electrons. The van der Waals surface area contributed by atoms with Crippen molar-refractivity contribution in [2.75, 3.05) is 45.9 Å². The first-order valence-electron chi connectivity index (χ1n) is 7.87. The molecule has 0 aromatic rings. The fourth-order valence-electron chi connectivity index (χ4n) is 2.95. The second-order valence-corrected chi connectivity index (χ2v) is 6.79. The van der Waals surface area contributed by atoms with E-state index in [-0.39, 0.29) is 5.60 Å². The molecule has 5 nitrogen and oxygen atoms in total. The number of morpholine rings is 1. The van der Waals surface area contributed by atoms with Crippen molar-refractivity contribution in [3.05, 3.63) is 0 Å². The lowest BCUT2D eigenvalue weighted by Crippen LogP contribution is -2.49. The smallest absolute Gasteiger partial charge is 0.191 e. The maximum Gasteiger partial charge on any atom is 0.191 e. The predicted molar refractivity (Wildman–Crippen MR) is 82.9 cm³/mol. The normalized spacial score (nSPS) is 25.9. The summed E-state index contributed by atoms with van der Waals surface area (Å²) < 4.78 is 5.72. The molecule has 2 rings (SSSR count). The zero-order valence-corrected chi connectivity index (χ0v) is 13.3. The number of likely N-dealkylation sites (tertiary alicyclic amines) is 1. The molecule has 0 amide bonds. The van der Waals surface area contributed by atoms with Crippen LogP contribution in [0.1, 0.15) is 33.6 Å². The maximum atomic E-state index is 6.10. The Labute approximate surface area is 123 Å². The van der Waals surface area contributed by atoms with Gasteiger partial charge in [0.2, 0.25) is 0 Å². The van der Waals surface area contributed by atoms with Crippen LogP contribution in [0.4, 0.5) is 0 Å². The number of rotatable bonds is 3. The Balaban J connectivity index is 1.72. The van der Waals surface area contributed by atoms with Crippen molar-refractivity contribution < 1.29 is 4.74 Å². The van der Waals surface area contributed by atoms with E-state index < -0.39 is 0 Å². The van der Waals surface area contributed by atoms with E-state index in [9.17, 15) is 0 Å². The number of piperidine rings is 1. The maximum absolute atomic E-state index is 6.10. The topological polar surface area (TPSA) is 54.1 Å². The molecule has 0 atom stereocenters. The average Bonchev–Trinajstić information content (AvgIpc) is 2.38. The van der Waals surface area contributed by atoms with Gasteiger partial charge in [-0.05, 0) is 32.6 Å². The van der Waals surface area contributed by atoms with Gasteiger partial charge in [-0.25, -0.2) is 0 Å². The van der Waals surface area contributed by atoms with Gasteiger partial charge in [-0.3, -0.25) is 9.89 Å². The summed E-state index contributed by atoms with van der Waals surface area (Å²) in [5, 5.41) is 0. The number of guanidine groups is 1. The fourth-order valence-corrected chi connectivity index (χ4v) is 2.95. The van der Waals surface area contributed by atoms with E-state index in [1.54, 1.807) is 0 Å². The Bertz CT molecular complexity index is 335. The Morgan fingerprint density at radius 1 is 1.30 bits per heavy atom. The first kappa shape index (κ1) is 15.6. The van der Waals surface area contributed by atoms with Crippen molar-refractivity contribution in [2.45, 2.75) is 39.2 Å². The summed E-state index contributed by atoms with van der Waals surface area (Å²) in [5.74, 6) is 1.55. The van der Waals surface area contributed by atoms with Crippen LogP contribution in [0.25, 0.3) is 0 Å². The van der Waals surface area contributed by atoms with Gasteiger partial charge in [0.05, 0.1) is 18.8 Å². The molecule has 0 saturated carbocycles. The molecule has 20 heavy (non-hydrogen) atoms. The molecule has 116 valence electrons. The van der Waals surface area contributed by atoms with Gasteiger partial charge in [-0.1, -0.05) is 6.92 Å². The zero-order chi connectivity index (χ0) is 14.6. The van der Waals surface area contributed by atoms with Crippen molar-refractivity contribution in [1.29, 1.82) is 0 Å². The molecule has 0 spiro atoms. The summed E-state index contributed by atoms with van der Waals surface area (Å²) in [6.07, 6.45) is 2.46. The van der Waals surface area contributed by atoms with E-state index in [1.807, 2.05) is 0 Å². The lowest BCUT2D eigenvalue weighted by molar-refractivity contribution is -0.0850. The average molecular weight is 282 g/mol. The number of nitrogens with zero attached hydrogens (tertiary/aromatic N) is 3. The Morgan fingerprint density at radius 3 is 2.65 bits per heavy atom. The standard InChI is InChI=1S/C15H30N4O/c1-13-4-7-19(8-5-13)14(16)17-6-9-18-10-11-20-15(2,3)12-18/h13H,4-12H2,1-3H3,(H2,16,17). The van der Waals surface area contributed by atoms with Crippen LogP contribution < -0.4 is 5.73 Å². The summed E-state index contributed by atoms with van der Waals surface area (Å²) >= 11 is 0. The van der Waals surface area contributed by atoms with Gasteiger partial charge in [0.15, 0.2) is 5.96 Å². The van der Waals surface area contributed by atoms with Crippen molar-refractivity contribution in [3.8, 4) is 0 Å². The van der Waals surface area contributed by atoms with E-state index in [1.165, 1.54) is 12.8 Å². The highest BCUT2D eigenvalue weighted by Crippen LogP contribution is 2.16. The van der Waals surface area contributed by atoms with Gasteiger partial charge in [-0.15, -0.1) is 0 Å². The van der Waals surface area contributed by atoms with E-state index >= 15 is 0 Å². The van der Waals surface area contributed by atoms with Crippen LogP contribution in [0.3, 0.4) is 0 Å². The molecule has 0 unspecified atom stereocenters. The Hall–Kier alpha value is -0.810. The van der Waals surface area contributed by atoms with E-state index in [0.717, 1.165) is 57.8 Å². The molecule has 2 fully saturated rings. The van der Waals surface area contributed by atoms with Crippen molar-refractivity contribution in [2.24, 2.45) is 16.6 Å². The second kappa shape index (κ2) is 6.76. The molecular weight excluding hydrogens is 252 g/mol. The minimum Gasteiger partial charge on any atom is -0.373 e. The Kier molecular flexibility index (Phi) is 5.27. The molecule has 2 aliphatic rings. The number of ether oxygens (including phenoxy) is 1. The lowest BCUT2D eigenvalue weighted by atomic mass is 10.00. The first-order chi connectivity index (χ1) is 9.46. The third kappa shape index (κ3) is 4.63. The first-order valence-corrected chi connectivity index (χ1v) is 7.87.